The Morgan fingerprint density at radius 3 is 2.94 bits per heavy atom. The highest BCUT2D eigenvalue weighted by Crippen LogP contribution is 2.11. The molecule has 2 heterocycles. The van der Waals surface area contributed by atoms with E-state index in [1.165, 1.54) is 0 Å². The van der Waals surface area contributed by atoms with Gasteiger partial charge in [-0.05, 0) is 41.1 Å². The van der Waals surface area contributed by atoms with Crippen molar-refractivity contribution in [3.8, 4) is 0 Å². The molecule has 0 atom stereocenters. The third-order valence-corrected chi connectivity index (χ3v) is 3.10. The van der Waals surface area contributed by atoms with E-state index < -0.39 is 0 Å². The summed E-state index contributed by atoms with van der Waals surface area (Å²) >= 11 is 3.40. The van der Waals surface area contributed by atoms with Crippen LogP contribution in [0.4, 0.5) is 5.69 Å². The van der Waals surface area contributed by atoms with E-state index in [0.717, 1.165) is 15.9 Å². The average molecular weight is 308 g/mol. The number of hydrogen-bond acceptors (Lipinski definition) is 3. The van der Waals surface area contributed by atoms with Gasteiger partial charge >= 0.3 is 0 Å². The highest BCUT2D eigenvalue weighted by Gasteiger charge is 2.04. The number of aromatic nitrogens is 2. The van der Waals surface area contributed by atoms with Crippen molar-refractivity contribution < 1.29 is 0 Å². The number of nitrogens with one attached hydrogen (secondary N) is 1. The number of halogens is 1. The van der Waals surface area contributed by atoms with E-state index in [9.17, 15) is 4.79 Å². The van der Waals surface area contributed by atoms with Crippen molar-refractivity contribution in [3.05, 3.63) is 56.7 Å². The van der Waals surface area contributed by atoms with Gasteiger partial charge in [0.05, 0.1) is 12.2 Å². The molecule has 2 aromatic heterocycles. The van der Waals surface area contributed by atoms with Crippen LogP contribution >= 0.6 is 15.9 Å². The summed E-state index contributed by atoms with van der Waals surface area (Å²) in [5.41, 5.74) is 2.56. The smallest absolute Gasteiger partial charge is 0.253 e. The zero-order chi connectivity index (χ0) is 13.1. The Kier molecular flexibility index (Phi) is 3.81. The quantitative estimate of drug-likeness (QED) is 0.947. The maximum absolute atomic E-state index is 12.0. The normalized spacial score (nSPS) is 10.4. The van der Waals surface area contributed by atoms with Crippen molar-refractivity contribution in [2.45, 2.75) is 13.5 Å². The third-order valence-electron chi connectivity index (χ3n) is 2.67. The fraction of sp³-hybridized carbons (Fsp3) is 0.231. The van der Waals surface area contributed by atoms with E-state index in [-0.39, 0.29) is 5.56 Å². The largest absolute Gasteiger partial charge is 0.388 e. The summed E-state index contributed by atoms with van der Waals surface area (Å²) in [5, 5.41) is 3.05. The summed E-state index contributed by atoms with van der Waals surface area (Å²) in [7, 11) is 1.86. The van der Waals surface area contributed by atoms with Gasteiger partial charge in [-0.3, -0.25) is 9.78 Å². The number of nitrogens with zero attached hydrogens (tertiary/aromatic N) is 2. The summed E-state index contributed by atoms with van der Waals surface area (Å²) in [6.45, 7) is 2.27. The van der Waals surface area contributed by atoms with Gasteiger partial charge in [-0.15, -0.1) is 0 Å². The van der Waals surface area contributed by atoms with Crippen LogP contribution in [-0.2, 0) is 6.54 Å². The number of pyridine rings is 2. The van der Waals surface area contributed by atoms with Crippen molar-refractivity contribution in [1.82, 2.24) is 9.55 Å². The van der Waals surface area contributed by atoms with Gasteiger partial charge in [0.2, 0.25) is 0 Å². The van der Waals surface area contributed by atoms with E-state index in [1.54, 1.807) is 23.9 Å². The first-order valence-corrected chi connectivity index (χ1v) is 6.38. The number of rotatable bonds is 3. The van der Waals surface area contributed by atoms with E-state index in [4.69, 9.17) is 0 Å². The maximum atomic E-state index is 12.0. The minimum atomic E-state index is 0.00913. The van der Waals surface area contributed by atoms with Crippen molar-refractivity contribution in [3.63, 3.8) is 0 Å². The summed E-state index contributed by atoms with van der Waals surface area (Å²) in [6.07, 6.45) is 3.51. The van der Waals surface area contributed by atoms with Crippen LogP contribution in [0.1, 0.15) is 11.3 Å². The molecule has 0 unspecified atom stereocenters. The molecule has 94 valence electrons. The highest BCUT2D eigenvalue weighted by atomic mass is 79.9. The molecule has 5 heteroatoms. The molecule has 0 saturated carbocycles. The first-order valence-electron chi connectivity index (χ1n) is 5.59. The zero-order valence-electron chi connectivity index (χ0n) is 10.3. The lowest BCUT2D eigenvalue weighted by Crippen LogP contribution is -2.22. The minimum absolute atomic E-state index is 0.00913. The Bertz CT molecular complexity index is 622. The Hall–Kier alpha value is -1.62. The molecule has 4 nitrogen and oxygen atoms in total. The standard InChI is InChI=1S/C13H14BrN3O/c1-9-5-10(14)7-17(13(9)18)8-12-6-11(15-2)3-4-16-12/h3-7H,8H2,1-2H3,(H,15,16). The molecule has 0 radical (unpaired) electrons. The molecule has 0 bridgehead atoms. The van der Waals surface area contributed by atoms with Crippen LogP contribution in [0.5, 0.6) is 0 Å². The molecule has 1 N–H and O–H groups in total. The van der Waals surface area contributed by atoms with E-state index >= 15 is 0 Å². The van der Waals surface area contributed by atoms with Gasteiger partial charge in [-0.2, -0.15) is 0 Å². The van der Waals surface area contributed by atoms with Gasteiger partial charge in [-0.1, -0.05) is 0 Å². The number of anilines is 1. The molecule has 0 amide bonds. The molecule has 2 aromatic rings. The minimum Gasteiger partial charge on any atom is -0.388 e. The van der Waals surface area contributed by atoms with Gasteiger partial charge in [0.1, 0.15) is 0 Å². The summed E-state index contributed by atoms with van der Waals surface area (Å²) < 4.78 is 2.55. The Balaban J connectivity index is 2.36. The van der Waals surface area contributed by atoms with Gasteiger partial charge in [-0.25, -0.2) is 0 Å². The second-order valence-corrected chi connectivity index (χ2v) is 4.98. The summed E-state index contributed by atoms with van der Waals surface area (Å²) in [6, 6.07) is 5.64. The molecule has 0 aliphatic heterocycles. The second-order valence-electron chi connectivity index (χ2n) is 4.06. The van der Waals surface area contributed by atoms with Crippen LogP contribution in [0.25, 0.3) is 0 Å². The molecule has 0 fully saturated rings. The molecule has 0 saturated heterocycles. The topological polar surface area (TPSA) is 46.9 Å². The third kappa shape index (κ3) is 2.79. The van der Waals surface area contributed by atoms with Crippen molar-refractivity contribution in [2.24, 2.45) is 0 Å². The monoisotopic (exact) mass is 307 g/mol. The first kappa shape index (κ1) is 12.8. The molecular formula is C13H14BrN3O. The predicted molar refractivity (Wildman–Crippen MR) is 76.0 cm³/mol. The lowest BCUT2D eigenvalue weighted by Gasteiger charge is -2.08. The number of hydrogen-bond donors (Lipinski definition) is 1. The lowest BCUT2D eigenvalue weighted by molar-refractivity contribution is 0.731. The van der Waals surface area contributed by atoms with E-state index in [2.05, 4.69) is 26.2 Å². The fourth-order valence-electron chi connectivity index (χ4n) is 1.75. The molecule has 0 aromatic carbocycles. The summed E-state index contributed by atoms with van der Waals surface area (Å²) in [5.74, 6) is 0. The molecular weight excluding hydrogens is 294 g/mol. The first-order chi connectivity index (χ1) is 8.60. The SMILES string of the molecule is CNc1ccnc(Cn2cc(Br)cc(C)c2=O)c1. The Labute approximate surface area is 114 Å². The van der Waals surface area contributed by atoms with Crippen molar-refractivity contribution >= 4 is 21.6 Å². The predicted octanol–water partition coefficient (Wildman–Crippen LogP) is 2.40. The van der Waals surface area contributed by atoms with Gasteiger partial charge in [0.25, 0.3) is 5.56 Å². The second kappa shape index (κ2) is 5.35. The van der Waals surface area contributed by atoms with E-state index in [1.807, 2.05) is 25.2 Å². The van der Waals surface area contributed by atoms with E-state index in [0.29, 0.717) is 12.1 Å². The van der Waals surface area contributed by atoms with Crippen LogP contribution in [0.2, 0.25) is 0 Å². The molecule has 0 spiro atoms. The molecule has 2 rings (SSSR count). The Morgan fingerprint density at radius 1 is 1.44 bits per heavy atom. The lowest BCUT2D eigenvalue weighted by atomic mass is 10.3. The number of aryl methyl sites for hydroxylation is 1. The van der Waals surface area contributed by atoms with Crippen LogP contribution in [0.3, 0.4) is 0 Å². The molecule has 0 aliphatic carbocycles. The fourth-order valence-corrected chi connectivity index (χ4v) is 2.34. The summed E-state index contributed by atoms with van der Waals surface area (Å²) in [4.78, 5) is 16.2. The molecule has 0 aliphatic rings. The molecule has 18 heavy (non-hydrogen) atoms. The van der Waals surface area contributed by atoms with Crippen molar-refractivity contribution in [2.75, 3.05) is 12.4 Å². The van der Waals surface area contributed by atoms with Crippen LogP contribution in [0.15, 0.2) is 39.9 Å². The maximum Gasteiger partial charge on any atom is 0.253 e. The van der Waals surface area contributed by atoms with Crippen LogP contribution < -0.4 is 10.9 Å². The zero-order valence-corrected chi connectivity index (χ0v) is 11.9. The van der Waals surface area contributed by atoms with Crippen molar-refractivity contribution in [1.29, 1.82) is 0 Å². The average Bonchev–Trinajstić information content (AvgIpc) is 2.35. The highest BCUT2D eigenvalue weighted by molar-refractivity contribution is 9.10. The van der Waals surface area contributed by atoms with Crippen LogP contribution in [0, 0.1) is 6.92 Å². The van der Waals surface area contributed by atoms with Crippen LogP contribution in [-0.4, -0.2) is 16.6 Å². The Morgan fingerprint density at radius 2 is 2.22 bits per heavy atom. The van der Waals surface area contributed by atoms with Gasteiger partial charge in [0, 0.05) is 35.2 Å². The van der Waals surface area contributed by atoms with Gasteiger partial charge < -0.3 is 9.88 Å². The van der Waals surface area contributed by atoms with Gasteiger partial charge in [0.15, 0.2) is 0 Å².